The predicted octanol–water partition coefficient (Wildman–Crippen LogP) is 3.31. The first kappa shape index (κ1) is 14.7. The molecule has 0 amide bonds. The molecule has 0 saturated heterocycles. The van der Waals surface area contributed by atoms with Gasteiger partial charge in [-0.05, 0) is 19.1 Å². The van der Waals surface area contributed by atoms with Gasteiger partial charge in [-0.25, -0.2) is 0 Å². The zero-order valence-corrected chi connectivity index (χ0v) is 13.3. The van der Waals surface area contributed by atoms with Crippen LogP contribution in [0.2, 0.25) is 0 Å². The molecule has 0 saturated carbocycles. The van der Waals surface area contributed by atoms with Crippen molar-refractivity contribution in [1.29, 1.82) is 0 Å². The summed E-state index contributed by atoms with van der Waals surface area (Å²) >= 11 is 0. The minimum absolute atomic E-state index is 0.0915. The molecule has 1 aromatic heterocycles. The number of anilines is 1. The highest BCUT2D eigenvalue weighted by atomic mass is 16.6. The fourth-order valence-electron chi connectivity index (χ4n) is 2.16. The second-order valence-electron chi connectivity index (χ2n) is 6.43. The largest absolute Gasteiger partial charge is 0.486 e. The van der Waals surface area contributed by atoms with Crippen molar-refractivity contribution in [3.05, 3.63) is 29.9 Å². The molecule has 22 heavy (non-hydrogen) atoms. The molecule has 0 bridgehead atoms. The number of aromatic nitrogens is 2. The van der Waals surface area contributed by atoms with E-state index in [-0.39, 0.29) is 11.5 Å². The Bertz CT molecular complexity index is 661. The van der Waals surface area contributed by atoms with Crippen molar-refractivity contribution in [3.63, 3.8) is 0 Å². The van der Waals surface area contributed by atoms with E-state index in [1.807, 2.05) is 25.1 Å². The van der Waals surface area contributed by atoms with Crippen molar-refractivity contribution in [3.8, 4) is 11.5 Å². The summed E-state index contributed by atoms with van der Waals surface area (Å²) < 4.78 is 16.5. The van der Waals surface area contributed by atoms with E-state index in [9.17, 15) is 0 Å². The first-order valence-corrected chi connectivity index (χ1v) is 7.44. The number of hydrogen-bond donors (Lipinski definition) is 1. The normalized spacial score (nSPS) is 15.5. The Morgan fingerprint density at radius 3 is 2.55 bits per heavy atom. The fourth-order valence-corrected chi connectivity index (χ4v) is 2.16. The molecule has 0 fully saturated rings. The van der Waals surface area contributed by atoms with Gasteiger partial charge in [0.1, 0.15) is 19.3 Å². The second-order valence-corrected chi connectivity index (χ2v) is 6.43. The number of hydrogen-bond acceptors (Lipinski definition) is 6. The molecular weight excluding hydrogens is 282 g/mol. The molecule has 2 aromatic rings. The third-order valence-electron chi connectivity index (χ3n) is 3.41. The minimum atomic E-state index is -0.127. The maximum absolute atomic E-state index is 5.58. The van der Waals surface area contributed by atoms with Gasteiger partial charge in [0.05, 0.1) is 0 Å². The van der Waals surface area contributed by atoms with E-state index < -0.39 is 0 Å². The topological polar surface area (TPSA) is 69.4 Å². The third kappa shape index (κ3) is 3.00. The van der Waals surface area contributed by atoms with E-state index in [1.165, 1.54) is 0 Å². The minimum Gasteiger partial charge on any atom is -0.486 e. The van der Waals surface area contributed by atoms with Crippen molar-refractivity contribution in [1.82, 2.24) is 10.1 Å². The van der Waals surface area contributed by atoms with Crippen LogP contribution in [0, 0.1) is 0 Å². The van der Waals surface area contributed by atoms with Crippen LogP contribution in [0.15, 0.2) is 22.7 Å². The van der Waals surface area contributed by atoms with Crippen LogP contribution in [-0.4, -0.2) is 23.4 Å². The molecule has 1 aliphatic rings. The predicted molar refractivity (Wildman–Crippen MR) is 82.5 cm³/mol. The summed E-state index contributed by atoms with van der Waals surface area (Å²) in [6.45, 7) is 9.32. The van der Waals surface area contributed by atoms with Crippen LogP contribution < -0.4 is 14.8 Å². The zero-order chi connectivity index (χ0) is 15.7. The Hall–Kier alpha value is -2.24. The Morgan fingerprint density at radius 1 is 1.14 bits per heavy atom. The number of nitrogens with one attached hydrogen (secondary N) is 1. The van der Waals surface area contributed by atoms with Crippen LogP contribution in [0.1, 0.15) is 45.5 Å². The van der Waals surface area contributed by atoms with Gasteiger partial charge in [0, 0.05) is 17.2 Å². The van der Waals surface area contributed by atoms with Gasteiger partial charge < -0.3 is 19.3 Å². The number of ether oxygens (including phenoxy) is 2. The zero-order valence-electron chi connectivity index (χ0n) is 13.3. The van der Waals surface area contributed by atoms with Crippen molar-refractivity contribution in [2.45, 2.75) is 39.2 Å². The summed E-state index contributed by atoms with van der Waals surface area (Å²) in [7, 11) is 0. The molecule has 0 aliphatic carbocycles. The average Bonchev–Trinajstić information content (AvgIpc) is 2.97. The van der Waals surface area contributed by atoms with Crippen LogP contribution >= 0.6 is 0 Å². The highest BCUT2D eigenvalue weighted by Crippen LogP contribution is 2.33. The fraction of sp³-hybridized carbons (Fsp3) is 0.500. The first-order valence-electron chi connectivity index (χ1n) is 7.44. The summed E-state index contributed by atoms with van der Waals surface area (Å²) in [6.07, 6.45) is 0. The number of fused-ring (bicyclic) bond motifs is 1. The molecule has 1 unspecified atom stereocenters. The quantitative estimate of drug-likeness (QED) is 0.938. The molecule has 2 heterocycles. The van der Waals surface area contributed by atoms with Gasteiger partial charge in [-0.1, -0.05) is 25.9 Å². The highest BCUT2D eigenvalue weighted by Gasteiger charge is 2.23. The Labute approximate surface area is 129 Å². The molecule has 0 radical (unpaired) electrons. The van der Waals surface area contributed by atoms with Gasteiger partial charge >= 0.3 is 0 Å². The van der Waals surface area contributed by atoms with Gasteiger partial charge in [0.2, 0.25) is 5.89 Å². The summed E-state index contributed by atoms with van der Waals surface area (Å²) in [5.41, 5.74) is 0.797. The van der Waals surface area contributed by atoms with Crippen LogP contribution in [0.5, 0.6) is 11.5 Å². The van der Waals surface area contributed by atoms with Gasteiger partial charge in [0.15, 0.2) is 17.3 Å². The molecule has 1 aliphatic heterocycles. The smallest absolute Gasteiger partial charge is 0.248 e. The molecular formula is C16H21N3O3. The maximum Gasteiger partial charge on any atom is 0.248 e. The van der Waals surface area contributed by atoms with E-state index in [4.69, 9.17) is 14.0 Å². The molecule has 6 heteroatoms. The van der Waals surface area contributed by atoms with Crippen molar-refractivity contribution >= 4 is 5.69 Å². The lowest BCUT2D eigenvalue weighted by molar-refractivity contribution is 0.171. The molecule has 1 N–H and O–H groups in total. The maximum atomic E-state index is 5.58. The van der Waals surface area contributed by atoms with E-state index in [0.717, 1.165) is 17.2 Å². The monoisotopic (exact) mass is 303 g/mol. The number of rotatable bonds is 3. The third-order valence-corrected chi connectivity index (χ3v) is 3.41. The van der Waals surface area contributed by atoms with Crippen molar-refractivity contribution in [2.75, 3.05) is 18.5 Å². The summed E-state index contributed by atoms with van der Waals surface area (Å²) in [5.74, 6) is 2.81. The molecule has 6 nitrogen and oxygen atoms in total. The van der Waals surface area contributed by atoms with Gasteiger partial charge in [0.25, 0.3) is 0 Å². The van der Waals surface area contributed by atoms with E-state index in [0.29, 0.717) is 24.9 Å². The molecule has 3 rings (SSSR count). The molecule has 1 aromatic carbocycles. The molecule has 118 valence electrons. The second kappa shape index (κ2) is 5.51. The van der Waals surface area contributed by atoms with Crippen LogP contribution in [-0.2, 0) is 5.41 Å². The summed E-state index contributed by atoms with van der Waals surface area (Å²) in [6, 6.07) is 5.68. The average molecular weight is 303 g/mol. The number of benzene rings is 1. The SMILES string of the molecule is CC(Nc1ccc2c(c1)OCCO2)c1nc(C(C)(C)C)no1. The lowest BCUT2D eigenvalue weighted by Gasteiger charge is -2.20. The lowest BCUT2D eigenvalue weighted by Crippen LogP contribution is -2.16. The number of nitrogens with zero attached hydrogens (tertiary/aromatic N) is 2. The van der Waals surface area contributed by atoms with Crippen molar-refractivity contribution in [2.24, 2.45) is 0 Å². The summed E-state index contributed by atoms with van der Waals surface area (Å²) in [4.78, 5) is 4.47. The van der Waals surface area contributed by atoms with Crippen LogP contribution in [0.3, 0.4) is 0 Å². The van der Waals surface area contributed by atoms with Crippen molar-refractivity contribution < 1.29 is 14.0 Å². The van der Waals surface area contributed by atoms with Crippen LogP contribution in [0.25, 0.3) is 0 Å². The molecule has 1 atom stereocenters. The van der Waals surface area contributed by atoms with Gasteiger partial charge in [-0.3, -0.25) is 0 Å². The van der Waals surface area contributed by atoms with E-state index in [1.54, 1.807) is 0 Å². The highest BCUT2D eigenvalue weighted by molar-refractivity contribution is 5.55. The lowest BCUT2D eigenvalue weighted by atomic mass is 9.96. The van der Waals surface area contributed by atoms with Crippen LogP contribution in [0.4, 0.5) is 5.69 Å². The Morgan fingerprint density at radius 2 is 1.86 bits per heavy atom. The van der Waals surface area contributed by atoms with Gasteiger partial charge in [-0.2, -0.15) is 4.98 Å². The first-order chi connectivity index (χ1) is 10.4. The Balaban J connectivity index is 1.74. The standard InChI is InChI=1S/C16H21N3O3/c1-10(14-18-15(19-22-14)16(2,3)4)17-11-5-6-12-13(9-11)21-8-7-20-12/h5-6,9-10,17H,7-8H2,1-4H3. The Kier molecular flexibility index (Phi) is 3.68. The molecule has 0 spiro atoms. The van der Waals surface area contributed by atoms with E-state index >= 15 is 0 Å². The van der Waals surface area contributed by atoms with E-state index in [2.05, 4.69) is 36.2 Å². The van der Waals surface area contributed by atoms with Gasteiger partial charge in [-0.15, -0.1) is 0 Å². The summed E-state index contributed by atoms with van der Waals surface area (Å²) in [5, 5.41) is 7.39.